The molecule has 0 bridgehead atoms. The molecule has 23 heavy (non-hydrogen) atoms. The summed E-state index contributed by atoms with van der Waals surface area (Å²) in [4.78, 5) is 15.3. The van der Waals surface area contributed by atoms with Gasteiger partial charge in [0.05, 0.1) is 13.7 Å². The van der Waals surface area contributed by atoms with E-state index in [4.69, 9.17) is 21.1 Å². The molecule has 1 aromatic heterocycles. The number of anilines is 1. The summed E-state index contributed by atoms with van der Waals surface area (Å²) >= 11 is 6.81. The van der Waals surface area contributed by atoms with Gasteiger partial charge in [0.15, 0.2) is 10.8 Å². The third-order valence-corrected chi connectivity index (χ3v) is 5.11. The number of thiazole rings is 1. The van der Waals surface area contributed by atoms with E-state index in [9.17, 15) is 13.2 Å². The lowest BCUT2D eigenvalue weighted by molar-refractivity contribution is 0.0520. The SMILES string of the molecule is CCOC(=O)c1csc(NS(=O)(=O)c2cc(Cl)ccc2OC)n1. The zero-order valence-corrected chi connectivity index (χ0v) is 14.6. The number of aromatic nitrogens is 1. The first-order valence-corrected chi connectivity index (χ1v) is 9.10. The molecule has 0 saturated heterocycles. The van der Waals surface area contributed by atoms with E-state index in [-0.39, 0.29) is 33.1 Å². The molecule has 0 aliphatic heterocycles. The molecule has 10 heteroatoms. The predicted molar refractivity (Wildman–Crippen MR) is 86.9 cm³/mol. The van der Waals surface area contributed by atoms with Crippen LogP contribution in [0, 0.1) is 0 Å². The first-order chi connectivity index (χ1) is 10.9. The van der Waals surface area contributed by atoms with Crippen molar-refractivity contribution in [3.63, 3.8) is 0 Å². The molecule has 2 rings (SSSR count). The Morgan fingerprint density at radius 1 is 1.43 bits per heavy atom. The van der Waals surface area contributed by atoms with Gasteiger partial charge in [0.25, 0.3) is 10.0 Å². The minimum absolute atomic E-state index is 0.0348. The fourth-order valence-corrected chi connectivity index (χ4v) is 4.02. The Morgan fingerprint density at radius 2 is 2.17 bits per heavy atom. The van der Waals surface area contributed by atoms with Gasteiger partial charge in [-0.3, -0.25) is 4.72 Å². The van der Waals surface area contributed by atoms with Gasteiger partial charge >= 0.3 is 5.97 Å². The highest BCUT2D eigenvalue weighted by atomic mass is 35.5. The molecule has 0 aliphatic rings. The molecule has 7 nitrogen and oxygen atoms in total. The van der Waals surface area contributed by atoms with Crippen molar-refractivity contribution < 1.29 is 22.7 Å². The van der Waals surface area contributed by atoms with Crippen LogP contribution in [0.4, 0.5) is 5.13 Å². The number of hydrogen-bond acceptors (Lipinski definition) is 7. The number of nitrogens with zero attached hydrogens (tertiary/aromatic N) is 1. The van der Waals surface area contributed by atoms with Crippen LogP contribution in [0.2, 0.25) is 5.02 Å². The van der Waals surface area contributed by atoms with Crippen molar-refractivity contribution in [2.24, 2.45) is 0 Å². The third-order valence-electron chi connectivity index (χ3n) is 2.63. The Hall–Kier alpha value is -1.84. The van der Waals surface area contributed by atoms with Crippen molar-refractivity contribution in [3.8, 4) is 5.75 Å². The molecule has 1 aromatic carbocycles. The van der Waals surface area contributed by atoms with E-state index < -0.39 is 16.0 Å². The second-order valence-corrected chi connectivity index (χ2v) is 7.10. The van der Waals surface area contributed by atoms with E-state index in [1.807, 2.05) is 0 Å². The summed E-state index contributed by atoms with van der Waals surface area (Å²) in [6.45, 7) is 1.87. The van der Waals surface area contributed by atoms with Gasteiger partial charge in [-0.25, -0.2) is 18.2 Å². The van der Waals surface area contributed by atoms with Crippen LogP contribution in [0.15, 0.2) is 28.5 Å². The Kier molecular flexibility index (Phi) is 5.45. The van der Waals surface area contributed by atoms with Crippen LogP contribution in [0.1, 0.15) is 17.4 Å². The summed E-state index contributed by atoms with van der Waals surface area (Å²) in [6.07, 6.45) is 0. The fourth-order valence-electron chi connectivity index (χ4n) is 1.65. The van der Waals surface area contributed by atoms with Crippen molar-refractivity contribution >= 4 is 44.1 Å². The molecule has 0 radical (unpaired) electrons. The van der Waals surface area contributed by atoms with E-state index in [0.29, 0.717) is 0 Å². The van der Waals surface area contributed by atoms with Crippen LogP contribution in [0.5, 0.6) is 5.75 Å². The average Bonchev–Trinajstić information content (AvgIpc) is 2.95. The normalized spacial score (nSPS) is 11.1. The monoisotopic (exact) mass is 376 g/mol. The van der Waals surface area contributed by atoms with Gasteiger partial charge < -0.3 is 9.47 Å². The number of rotatable bonds is 6. The first kappa shape index (κ1) is 17.5. The number of carbonyl (C=O) groups is 1. The third kappa shape index (κ3) is 4.12. The van der Waals surface area contributed by atoms with Gasteiger partial charge in [-0.15, -0.1) is 11.3 Å². The van der Waals surface area contributed by atoms with E-state index in [2.05, 4.69) is 9.71 Å². The highest BCUT2D eigenvalue weighted by Crippen LogP contribution is 2.29. The quantitative estimate of drug-likeness (QED) is 0.779. The zero-order valence-electron chi connectivity index (χ0n) is 12.2. The van der Waals surface area contributed by atoms with Gasteiger partial charge in [-0.05, 0) is 25.1 Å². The predicted octanol–water partition coefficient (Wildman–Crippen LogP) is 2.78. The van der Waals surface area contributed by atoms with Crippen molar-refractivity contribution in [2.75, 3.05) is 18.4 Å². The Labute approximate surface area is 142 Å². The zero-order chi connectivity index (χ0) is 17.0. The summed E-state index contributed by atoms with van der Waals surface area (Å²) in [7, 11) is -2.62. The lowest BCUT2D eigenvalue weighted by Crippen LogP contribution is -2.14. The van der Waals surface area contributed by atoms with Gasteiger partial charge in [0.1, 0.15) is 10.6 Å². The molecular formula is C13H13ClN2O5S2. The molecule has 2 aromatic rings. The summed E-state index contributed by atoms with van der Waals surface area (Å²) < 4.78 is 37.0. The number of nitrogens with one attached hydrogen (secondary N) is 1. The van der Waals surface area contributed by atoms with Crippen LogP contribution in [-0.2, 0) is 14.8 Å². The van der Waals surface area contributed by atoms with Gasteiger partial charge in [0, 0.05) is 10.4 Å². The highest BCUT2D eigenvalue weighted by Gasteiger charge is 2.22. The van der Waals surface area contributed by atoms with Gasteiger partial charge in [0.2, 0.25) is 0 Å². The fraction of sp³-hybridized carbons (Fsp3) is 0.231. The Bertz CT molecular complexity index is 820. The number of halogens is 1. The summed E-state index contributed by atoms with van der Waals surface area (Å²) in [5, 5.41) is 1.69. The first-order valence-electron chi connectivity index (χ1n) is 6.36. The largest absolute Gasteiger partial charge is 0.495 e. The maximum Gasteiger partial charge on any atom is 0.357 e. The van der Waals surface area contributed by atoms with Crippen LogP contribution in [0.25, 0.3) is 0 Å². The van der Waals surface area contributed by atoms with Crippen LogP contribution < -0.4 is 9.46 Å². The average molecular weight is 377 g/mol. The molecule has 0 unspecified atom stereocenters. The molecular weight excluding hydrogens is 364 g/mol. The Balaban J connectivity index is 2.29. The number of carbonyl (C=O) groups excluding carboxylic acids is 1. The van der Waals surface area contributed by atoms with Crippen molar-refractivity contribution in [2.45, 2.75) is 11.8 Å². The number of sulfonamides is 1. The van der Waals surface area contributed by atoms with Crippen LogP contribution in [-0.4, -0.2) is 33.1 Å². The topological polar surface area (TPSA) is 94.6 Å². The number of esters is 1. The van der Waals surface area contributed by atoms with Crippen LogP contribution >= 0.6 is 22.9 Å². The van der Waals surface area contributed by atoms with Gasteiger partial charge in [-0.2, -0.15) is 0 Å². The van der Waals surface area contributed by atoms with Gasteiger partial charge in [-0.1, -0.05) is 11.6 Å². The molecule has 0 spiro atoms. The standard InChI is InChI=1S/C13H13ClN2O5S2/c1-3-21-12(17)9-7-22-13(15-9)16-23(18,19)11-6-8(14)4-5-10(11)20-2/h4-7H,3H2,1-2H3,(H,15,16). The second-order valence-electron chi connectivity index (χ2n) is 4.16. The maximum absolute atomic E-state index is 12.4. The van der Waals surface area contributed by atoms with Crippen molar-refractivity contribution in [3.05, 3.63) is 34.3 Å². The molecule has 1 N–H and O–H groups in total. The van der Waals surface area contributed by atoms with E-state index in [0.717, 1.165) is 11.3 Å². The molecule has 0 saturated carbocycles. The number of ether oxygens (including phenoxy) is 2. The summed E-state index contributed by atoms with van der Waals surface area (Å²) in [6, 6.07) is 4.23. The maximum atomic E-state index is 12.4. The highest BCUT2D eigenvalue weighted by molar-refractivity contribution is 7.93. The van der Waals surface area contributed by atoms with Crippen molar-refractivity contribution in [1.29, 1.82) is 0 Å². The lowest BCUT2D eigenvalue weighted by atomic mass is 10.3. The molecule has 124 valence electrons. The molecule has 0 aliphatic carbocycles. The molecule has 1 heterocycles. The molecule has 0 fully saturated rings. The summed E-state index contributed by atoms with van der Waals surface area (Å²) in [5.74, 6) is -0.474. The Morgan fingerprint density at radius 3 is 2.83 bits per heavy atom. The van der Waals surface area contributed by atoms with Crippen LogP contribution in [0.3, 0.4) is 0 Å². The molecule has 0 amide bonds. The second kappa shape index (κ2) is 7.16. The lowest BCUT2D eigenvalue weighted by Gasteiger charge is -2.10. The minimum atomic E-state index is -3.97. The smallest absolute Gasteiger partial charge is 0.357 e. The van der Waals surface area contributed by atoms with E-state index >= 15 is 0 Å². The van der Waals surface area contributed by atoms with Crippen molar-refractivity contribution in [1.82, 2.24) is 4.98 Å². The van der Waals surface area contributed by atoms with E-state index in [1.165, 1.54) is 30.7 Å². The number of benzene rings is 1. The number of hydrogen-bond donors (Lipinski definition) is 1. The minimum Gasteiger partial charge on any atom is -0.495 e. The molecule has 0 atom stereocenters. The van der Waals surface area contributed by atoms with E-state index in [1.54, 1.807) is 6.92 Å². The summed E-state index contributed by atoms with van der Waals surface area (Å²) in [5.41, 5.74) is 0.0348. The number of methoxy groups -OCH3 is 1.